The van der Waals surface area contributed by atoms with Crippen molar-refractivity contribution in [3.05, 3.63) is 0 Å². The monoisotopic (exact) mass is 220 g/mol. The Morgan fingerprint density at radius 2 is 1.71 bits per heavy atom. The first-order valence-corrected chi connectivity index (χ1v) is 5.96. The lowest BCUT2D eigenvalue weighted by Crippen LogP contribution is -2.33. The maximum Gasteiger partial charge on any atom is 0.106 e. The zero-order chi connectivity index (χ0) is 11.2. The maximum absolute atomic E-state index is 8.00. The molecule has 1 heterocycles. The number of nitrogens with one attached hydrogen (secondary N) is 1. The second kappa shape index (κ2) is 15.5. The molecule has 0 bridgehead atoms. The Hall–Kier alpha value is 0.0200. The summed E-state index contributed by atoms with van der Waals surface area (Å²) >= 11 is 0. The van der Waals surface area contributed by atoms with Crippen molar-refractivity contribution < 1.29 is 4.79 Å². The van der Waals surface area contributed by atoms with Crippen molar-refractivity contribution >= 4 is 16.2 Å². The quantitative estimate of drug-likeness (QED) is 0.735. The van der Waals surface area contributed by atoms with Crippen LogP contribution in [0.1, 0.15) is 33.1 Å². The summed E-state index contributed by atoms with van der Waals surface area (Å²) in [6, 6.07) is 0. The predicted molar refractivity (Wildman–Crippen MR) is 66.5 cm³/mol. The van der Waals surface area contributed by atoms with E-state index in [4.69, 9.17) is 4.79 Å². The van der Waals surface area contributed by atoms with Crippen LogP contribution in [0, 0.1) is 0 Å². The van der Waals surface area contributed by atoms with Crippen LogP contribution >= 0.6 is 9.39 Å². The summed E-state index contributed by atoms with van der Waals surface area (Å²) in [5.74, 6) is 0. The smallest absolute Gasteiger partial charge is 0.106 e. The minimum atomic E-state index is 1.10. The average molecular weight is 220 g/mol. The summed E-state index contributed by atoms with van der Waals surface area (Å²) in [6.07, 6.45) is 4.23. The van der Waals surface area contributed by atoms with E-state index in [0.29, 0.717) is 0 Å². The molecule has 1 saturated heterocycles. The van der Waals surface area contributed by atoms with Crippen molar-refractivity contribution in [2.24, 2.45) is 0 Å². The predicted octanol–water partition coefficient (Wildman–Crippen LogP) is 1.69. The molecule has 1 rings (SSSR count). The molecular weight excluding hydrogens is 195 g/mol. The van der Waals surface area contributed by atoms with Gasteiger partial charge in [0, 0.05) is 13.1 Å². The van der Waals surface area contributed by atoms with Gasteiger partial charge in [0.25, 0.3) is 0 Å². The normalized spacial score (nSPS) is 15.9. The maximum atomic E-state index is 8.00. The summed E-state index contributed by atoms with van der Waals surface area (Å²) in [4.78, 5) is 10.5. The topological polar surface area (TPSA) is 32.3 Å². The zero-order valence-electron chi connectivity index (χ0n) is 9.59. The molecule has 14 heavy (non-hydrogen) atoms. The number of piperidine rings is 1. The highest BCUT2D eigenvalue weighted by atomic mass is 31.0. The number of nitrogens with zero attached hydrogens (tertiary/aromatic N) is 1. The van der Waals surface area contributed by atoms with Gasteiger partial charge >= 0.3 is 0 Å². The van der Waals surface area contributed by atoms with Gasteiger partial charge in [0.2, 0.25) is 0 Å². The third-order valence-electron chi connectivity index (χ3n) is 2.02. The van der Waals surface area contributed by atoms with Crippen LogP contribution in [-0.2, 0) is 4.79 Å². The lowest BCUT2D eigenvalue weighted by Gasteiger charge is -2.25. The van der Waals surface area contributed by atoms with Crippen molar-refractivity contribution in [2.45, 2.75) is 33.1 Å². The van der Waals surface area contributed by atoms with Crippen molar-refractivity contribution in [3.63, 3.8) is 0 Å². The highest BCUT2D eigenvalue weighted by Gasteiger charge is 2.07. The summed E-state index contributed by atoms with van der Waals surface area (Å²) in [5, 5.41) is 3.09. The molecule has 0 spiro atoms. The molecule has 0 aliphatic carbocycles. The van der Waals surface area contributed by atoms with Crippen LogP contribution < -0.4 is 5.09 Å². The Labute approximate surface area is 90.9 Å². The molecular formula is C10H25N2OP. The molecule has 1 aliphatic heterocycles. The van der Waals surface area contributed by atoms with Crippen LogP contribution in [0.4, 0.5) is 0 Å². The van der Waals surface area contributed by atoms with E-state index >= 15 is 0 Å². The molecule has 3 nitrogen and oxygen atoms in total. The Kier molecular flexibility index (Phi) is 18.2. The summed E-state index contributed by atoms with van der Waals surface area (Å²) in [7, 11) is 2.54. The molecule has 0 radical (unpaired) electrons. The SMILES string of the molecule is C=O.CC.PNCCN1CCCCC1. The van der Waals surface area contributed by atoms with E-state index in [0.717, 1.165) is 6.54 Å². The summed E-state index contributed by atoms with van der Waals surface area (Å²) < 4.78 is 0. The Balaban J connectivity index is 0. The van der Waals surface area contributed by atoms with E-state index in [2.05, 4.69) is 19.4 Å². The van der Waals surface area contributed by atoms with E-state index in [1.807, 2.05) is 20.6 Å². The minimum absolute atomic E-state index is 1.10. The van der Waals surface area contributed by atoms with Gasteiger partial charge in [-0.15, -0.1) is 0 Å². The summed E-state index contributed by atoms with van der Waals surface area (Å²) in [6.45, 7) is 10.9. The lowest BCUT2D eigenvalue weighted by molar-refractivity contribution is -0.0979. The first-order valence-electron chi connectivity index (χ1n) is 5.38. The van der Waals surface area contributed by atoms with E-state index in [-0.39, 0.29) is 0 Å². The van der Waals surface area contributed by atoms with Gasteiger partial charge in [-0.1, -0.05) is 29.7 Å². The summed E-state index contributed by atoms with van der Waals surface area (Å²) in [5.41, 5.74) is 0. The molecule has 0 saturated carbocycles. The largest absolute Gasteiger partial charge is 0.307 e. The van der Waals surface area contributed by atoms with Gasteiger partial charge in [-0.3, -0.25) is 5.09 Å². The number of hydrogen-bond donors (Lipinski definition) is 1. The van der Waals surface area contributed by atoms with Gasteiger partial charge in [-0.05, 0) is 25.9 Å². The highest BCUT2D eigenvalue weighted by Crippen LogP contribution is 2.07. The molecule has 1 fully saturated rings. The molecule has 4 heteroatoms. The second-order valence-corrected chi connectivity index (χ2v) is 3.26. The van der Waals surface area contributed by atoms with E-state index in [9.17, 15) is 0 Å². The van der Waals surface area contributed by atoms with Gasteiger partial charge in [0.15, 0.2) is 0 Å². The Bertz CT molecular complexity index is 98.1. The molecule has 86 valence electrons. The molecule has 1 atom stereocenters. The van der Waals surface area contributed by atoms with Crippen LogP contribution in [0.5, 0.6) is 0 Å². The van der Waals surface area contributed by atoms with E-state index < -0.39 is 0 Å². The third-order valence-corrected chi connectivity index (χ3v) is 2.31. The standard InChI is InChI=1S/C7H17N2P.C2H6.CH2O/c10-8-4-7-9-5-2-1-3-6-9;2*1-2/h8H,1-7,10H2;1-2H3;1H2. The first-order chi connectivity index (χ1) is 6.93. The van der Waals surface area contributed by atoms with Crippen LogP contribution in [0.25, 0.3) is 0 Å². The van der Waals surface area contributed by atoms with Gasteiger partial charge < -0.3 is 9.69 Å². The molecule has 0 aromatic heterocycles. The zero-order valence-corrected chi connectivity index (χ0v) is 10.7. The number of rotatable bonds is 3. The molecule has 1 unspecified atom stereocenters. The molecule has 1 aliphatic rings. The molecule has 0 aromatic rings. The lowest BCUT2D eigenvalue weighted by atomic mass is 10.1. The third kappa shape index (κ3) is 10.1. The fourth-order valence-electron chi connectivity index (χ4n) is 1.41. The van der Waals surface area contributed by atoms with Crippen molar-refractivity contribution in [3.8, 4) is 0 Å². The highest BCUT2D eigenvalue weighted by molar-refractivity contribution is 7.13. The van der Waals surface area contributed by atoms with Gasteiger partial charge in [0.05, 0.1) is 0 Å². The fraction of sp³-hybridized carbons (Fsp3) is 0.900. The minimum Gasteiger partial charge on any atom is -0.307 e. The second-order valence-electron chi connectivity index (χ2n) is 2.86. The number of carbonyl (C=O) groups is 1. The number of likely N-dealkylation sites (tertiary alicyclic amines) is 1. The van der Waals surface area contributed by atoms with Crippen molar-refractivity contribution in [2.75, 3.05) is 26.2 Å². The average Bonchev–Trinajstić information content (AvgIpc) is 2.33. The van der Waals surface area contributed by atoms with Gasteiger partial charge in [0.1, 0.15) is 6.79 Å². The van der Waals surface area contributed by atoms with Crippen molar-refractivity contribution in [1.29, 1.82) is 0 Å². The first kappa shape index (κ1) is 16.4. The van der Waals surface area contributed by atoms with E-state index in [1.165, 1.54) is 38.9 Å². The Morgan fingerprint density at radius 1 is 1.21 bits per heavy atom. The van der Waals surface area contributed by atoms with Crippen molar-refractivity contribution in [1.82, 2.24) is 9.99 Å². The van der Waals surface area contributed by atoms with E-state index in [1.54, 1.807) is 0 Å². The Morgan fingerprint density at radius 3 is 2.14 bits per heavy atom. The molecule has 1 N–H and O–H groups in total. The van der Waals surface area contributed by atoms with Crippen LogP contribution in [0.3, 0.4) is 0 Å². The van der Waals surface area contributed by atoms with Crippen LogP contribution in [0.2, 0.25) is 0 Å². The molecule has 0 amide bonds. The van der Waals surface area contributed by atoms with Gasteiger partial charge in [-0.25, -0.2) is 0 Å². The molecule has 0 aromatic carbocycles. The fourth-order valence-corrected chi connectivity index (χ4v) is 1.53. The van der Waals surface area contributed by atoms with Gasteiger partial charge in [-0.2, -0.15) is 0 Å². The number of hydrogen-bond acceptors (Lipinski definition) is 3. The van der Waals surface area contributed by atoms with Crippen LogP contribution in [-0.4, -0.2) is 37.9 Å². The number of carbonyl (C=O) groups excluding carboxylic acids is 1. The van der Waals surface area contributed by atoms with Crippen LogP contribution in [0.15, 0.2) is 0 Å².